The van der Waals surface area contributed by atoms with Gasteiger partial charge in [-0.25, -0.2) is 12.7 Å². The Bertz CT molecular complexity index is 1090. The molecular weight excluding hydrogens is 388 g/mol. The summed E-state index contributed by atoms with van der Waals surface area (Å²) in [6, 6.07) is 13.3. The van der Waals surface area contributed by atoms with Crippen LogP contribution in [0, 0.1) is 6.92 Å². The number of rotatable bonds is 7. The molecule has 0 atom stereocenters. The number of nitrogens with one attached hydrogen (secondary N) is 1. The van der Waals surface area contributed by atoms with Crippen molar-refractivity contribution in [2.45, 2.75) is 38.1 Å². The zero-order valence-electron chi connectivity index (χ0n) is 17.3. The van der Waals surface area contributed by atoms with Crippen LogP contribution in [-0.4, -0.2) is 37.0 Å². The van der Waals surface area contributed by atoms with E-state index in [1.807, 2.05) is 18.2 Å². The van der Waals surface area contributed by atoms with Gasteiger partial charge in [-0.3, -0.25) is 0 Å². The number of hydrogen-bond donors (Lipinski definition) is 1. The molecule has 0 radical (unpaired) electrons. The highest BCUT2D eigenvalue weighted by atomic mass is 32.2. The average Bonchev–Trinajstić information content (AvgIpc) is 3.16. The van der Waals surface area contributed by atoms with Crippen LogP contribution >= 0.6 is 0 Å². The molecular formula is C21H26N4O3S. The van der Waals surface area contributed by atoms with Crippen molar-refractivity contribution in [3.8, 4) is 11.4 Å². The summed E-state index contributed by atoms with van der Waals surface area (Å²) in [5, 5.41) is 7.19. The summed E-state index contributed by atoms with van der Waals surface area (Å²) in [4.78, 5) is 4.69. The van der Waals surface area contributed by atoms with Gasteiger partial charge >= 0.3 is 0 Å². The first kappa shape index (κ1) is 21.0. The van der Waals surface area contributed by atoms with Gasteiger partial charge in [-0.1, -0.05) is 49.3 Å². The Balaban J connectivity index is 1.73. The standard InChI is InChI=1S/C21H26N4O3S/c1-14(2)16-7-9-17(10-8-16)21-23-20(28-24-21)13-22-18-11-6-15(3)19(12-18)29(26,27)25(4)5/h6-12,14,22H,13H2,1-5H3. The lowest BCUT2D eigenvalue weighted by atomic mass is 10.0. The van der Waals surface area contributed by atoms with E-state index in [9.17, 15) is 8.42 Å². The lowest BCUT2D eigenvalue weighted by molar-refractivity contribution is 0.384. The van der Waals surface area contributed by atoms with Crippen molar-refractivity contribution < 1.29 is 12.9 Å². The minimum atomic E-state index is -3.51. The topological polar surface area (TPSA) is 88.3 Å². The van der Waals surface area contributed by atoms with Gasteiger partial charge in [0.15, 0.2) is 0 Å². The predicted octanol–water partition coefficient (Wildman–Crippen LogP) is 4.03. The van der Waals surface area contributed by atoms with Gasteiger partial charge in [0.1, 0.15) is 0 Å². The molecule has 0 unspecified atom stereocenters. The summed E-state index contributed by atoms with van der Waals surface area (Å²) in [5.74, 6) is 1.41. The molecule has 3 aromatic rings. The van der Waals surface area contributed by atoms with Crippen LogP contribution in [0.15, 0.2) is 51.9 Å². The second kappa shape index (κ2) is 8.34. The van der Waals surface area contributed by atoms with Crippen molar-refractivity contribution in [2.75, 3.05) is 19.4 Å². The number of anilines is 1. The first-order chi connectivity index (χ1) is 13.7. The SMILES string of the molecule is Cc1ccc(NCc2nc(-c3ccc(C(C)C)cc3)no2)cc1S(=O)(=O)N(C)C. The zero-order chi connectivity index (χ0) is 21.2. The third-order valence-corrected chi connectivity index (χ3v) is 6.65. The molecule has 7 nitrogen and oxygen atoms in total. The van der Waals surface area contributed by atoms with Crippen LogP contribution in [0.1, 0.15) is 36.8 Å². The lowest BCUT2D eigenvalue weighted by Gasteiger charge is -2.15. The Morgan fingerprint density at radius 2 is 1.79 bits per heavy atom. The molecule has 0 saturated carbocycles. The van der Waals surface area contributed by atoms with Gasteiger partial charge in [0.2, 0.25) is 21.7 Å². The molecule has 0 bridgehead atoms. The van der Waals surface area contributed by atoms with Crippen molar-refractivity contribution in [1.82, 2.24) is 14.4 Å². The highest BCUT2D eigenvalue weighted by Gasteiger charge is 2.20. The smallest absolute Gasteiger partial charge is 0.246 e. The fraction of sp³-hybridized carbons (Fsp3) is 0.333. The molecule has 3 rings (SSSR count). The van der Waals surface area contributed by atoms with Gasteiger partial charge < -0.3 is 9.84 Å². The van der Waals surface area contributed by atoms with Crippen LogP contribution in [-0.2, 0) is 16.6 Å². The first-order valence-electron chi connectivity index (χ1n) is 9.38. The lowest BCUT2D eigenvalue weighted by Crippen LogP contribution is -2.23. The minimum absolute atomic E-state index is 0.268. The van der Waals surface area contributed by atoms with Crippen LogP contribution in [0.2, 0.25) is 0 Å². The summed E-state index contributed by atoms with van der Waals surface area (Å²) < 4.78 is 31.5. The van der Waals surface area contributed by atoms with Crippen molar-refractivity contribution in [3.05, 3.63) is 59.5 Å². The van der Waals surface area contributed by atoms with Crippen LogP contribution in [0.25, 0.3) is 11.4 Å². The highest BCUT2D eigenvalue weighted by Crippen LogP contribution is 2.23. The number of hydrogen-bond acceptors (Lipinski definition) is 6. The highest BCUT2D eigenvalue weighted by molar-refractivity contribution is 7.89. The van der Waals surface area contributed by atoms with E-state index in [0.29, 0.717) is 35.4 Å². The second-order valence-corrected chi connectivity index (χ2v) is 9.53. The third-order valence-electron chi connectivity index (χ3n) is 4.69. The summed E-state index contributed by atoms with van der Waals surface area (Å²) in [6.45, 7) is 6.36. The summed E-state index contributed by atoms with van der Waals surface area (Å²) >= 11 is 0. The molecule has 0 saturated heterocycles. The number of sulfonamides is 1. The fourth-order valence-corrected chi connectivity index (χ4v) is 3.97. The third kappa shape index (κ3) is 4.65. The van der Waals surface area contributed by atoms with E-state index < -0.39 is 10.0 Å². The average molecular weight is 415 g/mol. The molecule has 1 heterocycles. The second-order valence-electron chi connectivity index (χ2n) is 7.41. The monoisotopic (exact) mass is 414 g/mol. The number of benzene rings is 2. The van der Waals surface area contributed by atoms with Gasteiger partial charge in [-0.15, -0.1) is 0 Å². The molecule has 0 amide bonds. The molecule has 1 aromatic heterocycles. The molecule has 0 fully saturated rings. The van der Waals surface area contributed by atoms with Crippen LogP contribution in [0.5, 0.6) is 0 Å². The quantitative estimate of drug-likeness (QED) is 0.628. The minimum Gasteiger partial charge on any atom is -0.376 e. The van der Waals surface area contributed by atoms with E-state index in [4.69, 9.17) is 4.52 Å². The Hall–Kier alpha value is -2.71. The molecule has 0 spiro atoms. The van der Waals surface area contributed by atoms with Gasteiger partial charge in [-0.05, 0) is 36.1 Å². The van der Waals surface area contributed by atoms with Crippen molar-refractivity contribution in [2.24, 2.45) is 0 Å². The summed E-state index contributed by atoms with van der Waals surface area (Å²) in [7, 11) is -0.480. The maximum Gasteiger partial charge on any atom is 0.246 e. The molecule has 0 aliphatic heterocycles. The molecule has 2 aromatic carbocycles. The van der Waals surface area contributed by atoms with Gasteiger partial charge in [0.25, 0.3) is 0 Å². The van der Waals surface area contributed by atoms with Crippen molar-refractivity contribution in [3.63, 3.8) is 0 Å². The Kier molecular flexibility index (Phi) is 6.04. The van der Waals surface area contributed by atoms with Crippen LogP contribution < -0.4 is 5.32 Å². The summed E-state index contributed by atoms with van der Waals surface area (Å²) in [6.07, 6.45) is 0. The van der Waals surface area contributed by atoms with Gasteiger partial charge in [0, 0.05) is 25.3 Å². The number of nitrogens with zero attached hydrogens (tertiary/aromatic N) is 3. The van der Waals surface area contributed by atoms with E-state index >= 15 is 0 Å². The number of aromatic nitrogens is 2. The van der Waals surface area contributed by atoms with Crippen molar-refractivity contribution in [1.29, 1.82) is 0 Å². The molecule has 154 valence electrons. The van der Waals surface area contributed by atoms with E-state index in [0.717, 1.165) is 5.56 Å². The molecule has 0 aliphatic rings. The van der Waals surface area contributed by atoms with Gasteiger partial charge in [0.05, 0.1) is 11.4 Å². The van der Waals surface area contributed by atoms with E-state index in [1.54, 1.807) is 19.1 Å². The first-order valence-corrected chi connectivity index (χ1v) is 10.8. The largest absolute Gasteiger partial charge is 0.376 e. The normalized spacial score (nSPS) is 12.0. The van der Waals surface area contributed by atoms with Crippen LogP contribution in [0.4, 0.5) is 5.69 Å². The fourth-order valence-electron chi connectivity index (χ4n) is 2.82. The molecule has 1 N–H and O–H groups in total. The van der Waals surface area contributed by atoms with E-state index in [-0.39, 0.29) is 4.90 Å². The molecule has 29 heavy (non-hydrogen) atoms. The van der Waals surface area contributed by atoms with Crippen LogP contribution in [0.3, 0.4) is 0 Å². The Morgan fingerprint density at radius 1 is 1.10 bits per heavy atom. The Morgan fingerprint density at radius 3 is 2.41 bits per heavy atom. The summed E-state index contributed by atoms with van der Waals surface area (Å²) in [5.41, 5.74) is 3.49. The Labute approximate surface area is 171 Å². The van der Waals surface area contributed by atoms with E-state index in [2.05, 4.69) is 41.4 Å². The van der Waals surface area contributed by atoms with Gasteiger partial charge in [-0.2, -0.15) is 4.98 Å². The maximum absolute atomic E-state index is 12.5. The maximum atomic E-state index is 12.5. The zero-order valence-corrected chi connectivity index (χ0v) is 18.1. The van der Waals surface area contributed by atoms with E-state index in [1.165, 1.54) is 24.0 Å². The molecule has 8 heteroatoms. The number of aryl methyl sites for hydroxylation is 1. The van der Waals surface area contributed by atoms with Crippen molar-refractivity contribution >= 4 is 15.7 Å². The molecule has 0 aliphatic carbocycles. The predicted molar refractivity (Wildman–Crippen MR) is 113 cm³/mol.